The molecule has 21 heavy (non-hydrogen) atoms. The molecule has 3 heterocycles. The number of halogens is 2. The summed E-state index contributed by atoms with van der Waals surface area (Å²) < 4.78 is 8.38. The van der Waals surface area contributed by atoms with Crippen molar-refractivity contribution in [3.8, 4) is 5.88 Å². The summed E-state index contributed by atoms with van der Waals surface area (Å²) in [6.45, 7) is 0. The van der Waals surface area contributed by atoms with Crippen LogP contribution in [0.3, 0.4) is 0 Å². The minimum absolute atomic E-state index is 0.383. The van der Waals surface area contributed by atoms with Gasteiger partial charge in [0.05, 0.1) is 12.0 Å². The second-order valence-corrected chi connectivity index (χ2v) is 5.70. The zero-order valence-electron chi connectivity index (χ0n) is 10.9. The number of H-pyrrole nitrogens is 1. The minimum atomic E-state index is 0.383. The fraction of sp³-hybridized carbons (Fsp3) is 0.0769. The van der Waals surface area contributed by atoms with E-state index in [0.717, 1.165) is 21.6 Å². The number of hydrogen-bond donors (Lipinski definition) is 2. The number of nitrogens with one attached hydrogen (secondary N) is 2. The van der Waals surface area contributed by atoms with Crippen molar-refractivity contribution in [3.05, 3.63) is 40.8 Å². The molecule has 0 saturated heterocycles. The van der Waals surface area contributed by atoms with Crippen LogP contribution in [-0.2, 0) is 0 Å². The summed E-state index contributed by atoms with van der Waals surface area (Å²) in [5, 5.41) is 1.82. The van der Waals surface area contributed by atoms with E-state index in [1.54, 1.807) is 19.2 Å². The Hall–Kier alpha value is -1.63. The van der Waals surface area contributed by atoms with Crippen LogP contribution < -0.4 is 9.46 Å². The zero-order chi connectivity index (χ0) is 14.8. The van der Waals surface area contributed by atoms with E-state index in [1.807, 2.05) is 18.3 Å². The van der Waals surface area contributed by atoms with Gasteiger partial charge in [-0.2, -0.15) is 4.98 Å². The SMILES string of the molecule is COc1nc(Cl)ccc1NSc1c[nH]c2nc(Cl)ccc12. The van der Waals surface area contributed by atoms with Gasteiger partial charge in [0.2, 0.25) is 5.88 Å². The van der Waals surface area contributed by atoms with Gasteiger partial charge in [-0.1, -0.05) is 23.2 Å². The van der Waals surface area contributed by atoms with E-state index in [9.17, 15) is 0 Å². The molecule has 0 aromatic carbocycles. The van der Waals surface area contributed by atoms with E-state index in [1.165, 1.54) is 11.9 Å². The highest BCUT2D eigenvalue weighted by molar-refractivity contribution is 8.00. The predicted molar refractivity (Wildman–Crippen MR) is 86.4 cm³/mol. The van der Waals surface area contributed by atoms with E-state index in [4.69, 9.17) is 27.9 Å². The second-order valence-electron chi connectivity index (χ2n) is 4.08. The first-order valence-electron chi connectivity index (χ1n) is 5.94. The van der Waals surface area contributed by atoms with Crippen molar-refractivity contribution in [1.29, 1.82) is 0 Å². The Kier molecular flexibility index (Phi) is 4.10. The third kappa shape index (κ3) is 3.02. The van der Waals surface area contributed by atoms with Crippen LogP contribution in [0.2, 0.25) is 10.3 Å². The number of fused-ring (bicyclic) bond motifs is 1. The largest absolute Gasteiger partial charge is 0.479 e. The molecule has 0 saturated carbocycles. The quantitative estimate of drug-likeness (QED) is 0.544. The molecule has 0 unspecified atom stereocenters. The average Bonchev–Trinajstić information content (AvgIpc) is 2.88. The monoisotopic (exact) mass is 340 g/mol. The lowest BCUT2D eigenvalue weighted by Crippen LogP contribution is -1.94. The molecule has 0 aliphatic rings. The molecule has 108 valence electrons. The van der Waals surface area contributed by atoms with Crippen molar-refractivity contribution in [3.63, 3.8) is 0 Å². The Morgan fingerprint density at radius 3 is 2.71 bits per heavy atom. The summed E-state index contributed by atoms with van der Waals surface area (Å²) in [7, 11) is 1.55. The molecule has 0 radical (unpaired) electrons. The molecule has 0 bridgehead atoms. The number of methoxy groups -OCH3 is 1. The number of anilines is 1. The van der Waals surface area contributed by atoms with Gasteiger partial charge >= 0.3 is 0 Å². The molecule has 5 nitrogen and oxygen atoms in total. The number of pyridine rings is 2. The van der Waals surface area contributed by atoms with Gasteiger partial charge < -0.3 is 14.4 Å². The Balaban J connectivity index is 1.83. The van der Waals surface area contributed by atoms with Crippen LogP contribution in [0, 0.1) is 0 Å². The zero-order valence-corrected chi connectivity index (χ0v) is 13.2. The van der Waals surface area contributed by atoms with Crippen LogP contribution in [0.1, 0.15) is 0 Å². The molecule has 0 aliphatic carbocycles. The number of aromatic amines is 1. The van der Waals surface area contributed by atoms with E-state index in [0.29, 0.717) is 16.2 Å². The maximum absolute atomic E-state index is 5.86. The molecule has 3 aromatic heterocycles. The lowest BCUT2D eigenvalue weighted by Gasteiger charge is -2.08. The summed E-state index contributed by atoms with van der Waals surface area (Å²) in [6.07, 6.45) is 1.86. The average molecular weight is 341 g/mol. The van der Waals surface area contributed by atoms with Gasteiger partial charge in [-0.3, -0.25) is 0 Å². The highest BCUT2D eigenvalue weighted by Crippen LogP contribution is 2.32. The van der Waals surface area contributed by atoms with Gasteiger partial charge in [0.25, 0.3) is 0 Å². The van der Waals surface area contributed by atoms with Crippen molar-refractivity contribution < 1.29 is 4.74 Å². The smallest absolute Gasteiger partial charge is 0.239 e. The number of hydrogen-bond acceptors (Lipinski definition) is 5. The van der Waals surface area contributed by atoms with E-state index < -0.39 is 0 Å². The Labute approximate surface area is 135 Å². The standard InChI is InChI=1S/C13H10Cl2N4OS/c1-20-13-8(3-5-11(15)18-13)19-21-9-6-16-12-7(9)2-4-10(14)17-12/h2-6,19H,1H3,(H,16,17). The van der Waals surface area contributed by atoms with Gasteiger partial charge in [-0.15, -0.1) is 0 Å². The predicted octanol–water partition coefficient (Wildman–Crippen LogP) is 4.39. The molecule has 3 rings (SSSR count). The fourth-order valence-electron chi connectivity index (χ4n) is 1.80. The van der Waals surface area contributed by atoms with E-state index in [2.05, 4.69) is 19.7 Å². The van der Waals surface area contributed by atoms with Crippen molar-refractivity contribution in [2.24, 2.45) is 0 Å². The molecular weight excluding hydrogens is 331 g/mol. The summed E-state index contributed by atoms with van der Waals surface area (Å²) in [4.78, 5) is 12.4. The number of ether oxygens (including phenoxy) is 1. The van der Waals surface area contributed by atoms with Crippen LogP contribution in [0.25, 0.3) is 11.0 Å². The minimum Gasteiger partial charge on any atom is -0.479 e. The first kappa shape index (κ1) is 14.3. The van der Waals surface area contributed by atoms with Crippen molar-refractivity contribution >= 4 is 51.9 Å². The van der Waals surface area contributed by atoms with Crippen molar-refractivity contribution in [1.82, 2.24) is 15.0 Å². The van der Waals surface area contributed by atoms with E-state index in [-0.39, 0.29) is 0 Å². The van der Waals surface area contributed by atoms with Crippen LogP contribution in [0.5, 0.6) is 5.88 Å². The molecule has 0 aliphatic heterocycles. The third-order valence-electron chi connectivity index (χ3n) is 2.76. The maximum Gasteiger partial charge on any atom is 0.239 e. The molecule has 2 N–H and O–H groups in total. The van der Waals surface area contributed by atoms with Crippen LogP contribution in [-0.4, -0.2) is 22.1 Å². The van der Waals surface area contributed by atoms with E-state index >= 15 is 0 Å². The molecule has 3 aromatic rings. The lowest BCUT2D eigenvalue weighted by atomic mass is 10.3. The summed E-state index contributed by atoms with van der Waals surface area (Å²) in [5.41, 5.74) is 1.48. The lowest BCUT2D eigenvalue weighted by molar-refractivity contribution is 0.400. The number of aromatic nitrogens is 3. The van der Waals surface area contributed by atoms with Gasteiger partial charge in [-0.25, -0.2) is 4.98 Å². The fourth-order valence-corrected chi connectivity index (χ4v) is 2.86. The van der Waals surface area contributed by atoms with Crippen molar-refractivity contribution in [2.45, 2.75) is 4.90 Å². The van der Waals surface area contributed by atoms with Gasteiger partial charge in [0.15, 0.2) is 0 Å². The molecule has 0 atom stereocenters. The molecule has 0 spiro atoms. The van der Waals surface area contributed by atoms with Gasteiger partial charge in [-0.05, 0) is 36.2 Å². The summed E-state index contributed by atoms with van der Waals surface area (Å²) >= 11 is 13.1. The van der Waals surface area contributed by atoms with Crippen molar-refractivity contribution in [2.75, 3.05) is 11.8 Å². The number of nitrogens with zero attached hydrogens (tertiary/aromatic N) is 2. The Morgan fingerprint density at radius 2 is 1.90 bits per heavy atom. The summed E-state index contributed by atoms with van der Waals surface area (Å²) in [5.74, 6) is 0.441. The molecular formula is C13H10Cl2N4OS. The Bertz CT molecular complexity index is 793. The highest BCUT2D eigenvalue weighted by atomic mass is 35.5. The van der Waals surface area contributed by atoms with Crippen LogP contribution in [0.15, 0.2) is 35.4 Å². The third-order valence-corrected chi connectivity index (χ3v) is 4.06. The molecule has 8 heteroatoms. The van der Waals surface area contributed by atoms with Gasteiger partial charge in [0, 0.05) is 11.6 Å². The first-order valence-corrected chi connectivity index (χ1v) is 7.51. The maximum atomic E-state index is 5.86. The first-order chi connectivity index (χ1) is 10.2. The van der Waals surface area contributed by atoms with Crippen LogP contribution in [0.4, 0.5) is 5.69 Å². The summed E-state index contributed by atoms with van der Waals surface area (Å²) in [6, 6.07) is 7.18. The molecule has 0 fully saturated rings. The highest BCUT2D eigenvalue weighted by Gasteiger charge is 2.09. The normalized spacial score (nSPS) is 10.8. The van der Waals surface area contributed by atoms with Crippen LogP contribution >= 0.6 is 35.1 Å². The number of rotatable bonds is 4. The topological polar surface area (TPSA) is 62.8 Å². The van der Waals surface area contributed by atoms with Gasteiger partial charge in [0.1, 0.15) is 21.6 Å². The molecule has 0 amide bonds. The second kappa shape index (κ2) is 6.01. The Morgan fingerprint density at radius 1 is 1.14 bits per heavy atom.